The molecule has 4 atom stereocenters. The fourth-order valence-corrected chi connectivity index (χ4v) is 4.83. The van der Waals surface area contributed by atoms with E-state index in [9.17, 15) is 29.1 Å². The number of rotatable bonds is 14. The lowest BCUT2D eigenvalue weighted by Gasteiger charge is -2.24. The minimum atomic E-state index is -1.28. The Bertz CT molecular complexity index is 1640. The molecule has 4 aromatic rings. The van der Waals surface area contributed by atoms with Gasteiger partial charge in [-0.3, -0.25) is 19.2 Å². The highest BCUT2D eigenvalue weighted by Crippen LogP contribution is 2.21. The number of aromatic nitrogens is 2. The highest BCUT2D eigenvalue weighted by atomic mass is 16.4. The third-order valence-corrected chi connectivity index (χ3v) is 7.24. The molecule has 2 aromatic heterocycles. The first-order valence-electron chi connectivity index (χ1n) is 13.8. The normalized spacial score (nSPS) is 14.0. The van der Waals surface area contributed by atoms with Gasteiger partial charge in [0.1, 0.15) is 18.1 Å². The number of carboxylic acid groups (broad SMARTS) is 1. The summed E-state index contributed by atoms with van der Waals surface area (Å²) in [5, 5.41) is 19.4. The van der Waals surface area contributed by atoms with E-state index in [0.29, 0.717) is 5.56 Å². The third-order valence-electron chi connectivity index (χ3n) is 7.24. The number of nitrogens with two attached hydrogens (primary N) is 2. The first-order valence-corrected chi connectivity index (χ1v) is 13.8. The second kappa shape index (κ2) is 13.7. The highest BCUT2D eigenvalue weighted by Gasteiger charge is 2.30. The van der Waals surface area contributed by atoms with Gasteiger partial charge in [-0.2, -0.15) is 0 Å². The predicted molar refractivity (Wildman–Crippen MR) is 160 cm³/mol. The second-order valence-electron chi connectivity index (χ2n) is 10.4. The molecule has 4 rings (SSSR count). The predicted octanol–water partition coefficient (Wildman–Crippen LogP) is 0.586. The Morgan fingerprint density at radius 3 is 1.81 bits per heavy atom. The van der Waals surface area contributed by atoms with E-state index in [1.807, 2.05) is 48.5 Å². The van der Waals surface area contributed by atoms with Crippen LogP contribution in [-0.2, 0) is 36.8 Å². The molecule has 2 aromatic carbocycles. The van der Waals surface area contributed by atoms with Crippen LogP contribution in [0.15, 0.2) is 60.9 Å². The van der Waals surface area contributed by atoms with Crippen molar-refractivity contribution in [2.24, 2.45) is 11.5 Å². The Balaban J connectivity index is 1.51. The molecule has 0 saturated heterocycles. The minimum Gasteiger partial charge on any atom is -0.480 e. The van der Waals surface area contributed by atoms with Gasteiger partial charge in [-0.15, -0.1) is 0 Å². The number of para-hydroxylation sites is 2. The van der Waals surface area contributed by atoms with Crippen LogP contribution in [0.2, 0.25) is 0 Å². The van der Waals surface area contributed by atoms with E-state index in [0.717, 1.165) is 27.4 Å². The number of carbonyl (C=O) groups excluding carboxylic acids is 4. The first kappa shape index (κ1) is 30.8. The molecule has 4 unspecified atom stereocenters. The average molecular weight is 590 g/mol. The summed E-state index contributed by atoms with van der Waals surface area (Å²) in [6.07, 6.45) is 3.39. The zero-order valence-electron chi connectivity index (χ0n) is 23.6. The minimum absolute atomic E-state index is 0.00804. The summed E-state index contributed by atoms with van der Waals surface area (Å²) >= 11 is 0. The highest BCUT2D eigenvalue weighted by molar-refractivity contribution is 5.95. The van der Waals surface area contributed by atoms with Crippen LogP contribution in [0.5, 0.6) is 0 Å². The van der Waals surface area contributed by atoms with Crippen molar-refractivity contribution in [1.82, 2.24) is 25.9 Å². The Morgan fingerprint density at radius 2 is 1.28 bits per heavy atom. The molecule has 0 radical (unpaired) electrons. The smallest absolute Gasteiger partial charge is 0.326 e. The standard InChI is InChI=1S/C30H35N7O6/c1-16(35-28(40)21(31)10-11-26(32)38)27(39)36-24(12-17-14-33-22-8-4-2-6-19(17)22)29(41)37-25(30(42)43)13-18-15-34-23-9-5-3-7-20(18)23/h2-9,14-16,21,24-25,33-34H,10-13,31H2,1H3,(H2,32,38)(H,35,40)(H,36,39)(H,37,41)(H,42,43). The number of benzene rings is 2. The molecule has 13 nitrogen and oxygen atoms in total. The van der Waals surface area contributed by atoms with Gasteiger partial charge in [-0.1, -0.05) is 36.4 Å². The lowest BCUT2D eigenvalue weighted by molar-refractivity contribution is -0.142. The van der Waals surface area contributed by atoms with E-state index in [1.54, 1.807) is 12.4 Å². The number of carbonyl (C=O) groups is 5. The molecular formula is C30H35N7O6. The van der Waals surface area contributed by atoms with Crippen molar-refractivity contribution in [3.8, 4) is 0 Å². The fraction of sp³-hybridized carbons (Fsp3) is 0.300. The van der Waals surface area contributed by atoms with E-state index in [-0.39, 0.29) is 25.7 Å². The van der Waals surface area contributed by atoms with Crippen LogP contribution in [-0.4, -0.2) is 68.8 Å². The molecule has 43 heavy (non-hydrogen) atoms. The maximum Gasteiger partial charge on any atom is 0.326 e. The fourth-order valence-electron chi connectivity index (χ4n) is 4.83. The van der Waals surface area contributed by atoms with Crippen molar-refractivity contribution in [1.29, 1.82) is 0 Å². The molecule has 0 bridgehead atoms. The molecule has 0 spiro atoms. The van der Waals surface area contributed by atoms with Crippen molar-refractivity contribution in [2.45, 2.75) is 56.8 Å². The summed E-state index contributed by atoms with van der Waals surface area (Å²) in [7, 11) is 0. The molecule has 0 aliphatic rings. The molecule has 0 aliphatic carbocycles. The number of fused-ring (bicyclic) bond motifs is 2. The number of amides is 4. The molecule has 0 aliphatic heterocycles. The number of nitrogens with one attached hydrogen (secondary N) is 5. The molecule has 10 N–H and O–H groups in total. The van der Waals surface area contributed by atoms with E-state index in [1.165, 1.54) is 6.92 Å². The molecule has 0 fully saturated rings. The van der Waals surface area contributed by atoms with E-state index < -0.39 is 53.8 Å². The Labute approximate surface area is 246 Å². The largest absolute Gasteiger partial charge is 0.480 e. The van der Waals surface area contributed by atoms with Crippen molar-refractivity contribution in [3.05, 3.63) is 72.1 Å². The van der Waals surface area contributed by atoms with Gasteiger partial charge in [0.15, 0.2) is 0 Å². The Hall–Kier alpha value is -5.17. The lowest BCUT2D eigenvalue weighted by Crippen LogP contribution is -2.57. The lowest BCUT2D eigenvalue weighted by atomic mass is 10.0. The maximum atomic E-state index is 13.6. The van der Waals surface area contributed by atoms with Gasteiger partial charge in [0, 0.05) is 53.5 Å². The van der Waals surface area contributed by atoms with Gasteiger partial charge in [-0.05, 0) is 36.6 Å². The number of carboxylic acids is 1. The number of hydrogen-bond donors (Lipinski definition) is 8. The summed E-state index contributed by atoms with van der Waals surface area (Å²) in [4.78, 5) is 68.6. The monoisotopic (exact) mass is 589 g/mol. The number of aliphatic carboxylic acids is 1. The summed E-state index contributed by atoms with van der Waals surface area (Å²) in [5.74, 6) is -3.89. The van der Waals surface area contributed by atoms with Crippen LogP contribution in [0.1, 0.15) is 30.9 Å². The van der Waals surface area contributed by atoms with Crippen molar-refractivity contribution >= 4 is 51.4 Å². The van der Waals surface area contributed by atoms with Gasteiger partial charge in [0.2, 0.25) is 23.6 Å². The summed E-state index contributed by atoms with van der Waals surface area (Å²) in [6, 6.07) is 10.2. The summed E-state index contributed by atoms with van der Waals surface area (Å²) < 4.78 is 0. The number of primary amides is 1. The van der Waals surface area contributed by atoms with Crippen LogP contribution in [0.25, 0.3) is 21.8 Å². The third kappa shape index (κ3) is 7.77. The molecule has 13 heteroatoms. The van der Waals surface area contributed by atoms with Gasteiger partial charge >= 0.3 is 5.97 Å². The van der Waals surface area contributed by atoms with Crippen LogP contribution >= 0.6 is 0 Å². The zero-order valence-corrected chi connectivity index (χ0v) is 23.6. The van der Waals surface area contributed by atoms with Crippen molar-refractivity contribution in [2.75, 3.05) is 0 Å². The maximum absolute atomic E-state index is 13.6. The van der Waals surface area contributed by atoms with Gasteiger partial charge < -0.3 is 42.5 Å². The number of hydrogen-bond acceptors (Lipinski definition) is 6. The average Bonchev–Trinajstić information content (AvgIpc) is 3.58. The molecule has 226 valence electrons. The van der Waals surface area contributed by atoms with E-state index in [2.05, 4.69) is 25.9 Å². The SMILES string of the molecule is CC(NC(=O)C(N)CCC(N)=O)C(=O)NC(Cc1c[nH]c2ccccc12)C(=O)NC(Cc1c[nH]c2ccccc12)C(=O)O. The van der Waals surface area contributed by atoms with Crippen LogP contribution in [0.4, 0.5) is 0 Å². The van der Waals surface area contributed by atoms with Crippen LogP contribution in [0, 0.1) is 0 Å². The van der Waals surface area contributed by atoms with E-state index in [4.69, 9.17) is 11.5 Å². The molecule has 2 heterocycles. The number of aromatic amines is 2. The Morgan fingerprint density at radius 1 is 0.767 bits per heavy atom. The zero-order chi connectivity index (χ0) is 31.1. The van der Waals surface area contributed by atoms with Gasteiger partial charge in [0.25, 0.3) is 0 Å². The van der Waals surface area contributed by atoms with Crippen molar-refractivity contribution < 1.29 is 29.1 Å². The summed E-state index contributed by atoms with van der Waals surface area (Å²) in [5.41, 5.74) is 14.0. The molecule has 4 amide bonds. The first-order chi connectivity index (χ1) is 20.5. The van der Waals surface area contributed by atoms with Gasteiger partial charge in [-0.25, -0.2) is 4.79 Å². The topological polar surface area (TPSA) is 225 Å². The quantitative estimate of drug-likeness (QED) is 0.104. The number of H-pyrrole nitrogens is 2. The van der Waals surface area contributed by atoms with E-state index >= 15 is 0 Å². The van der Waals surface area contributed by atoms with Crippen LogP contribution in [0.3, 0.4) is 0 Å². The second-order valence-corrected chi connectivity index (χ2v) is 10.4. The molecule has 0 saturated carbocycles. The summed E-state index contributed by atoms with van der Waals surface area (Å²) in [6.45, 7) is 1.42. The van der Waals surface area contributed by atoms with Crippen LogP contribution < -0.4 is 27.4 Å². The Kier molecular flexibility index (Phi) is 9.78. The molecular weight excluding hydrogens is 554 g/mol. The van der Waals surface area contributed by atoms with Crippen molar-refractivity contribution in [3.63, 3.8) is 0 Å². The van der Waals surface area contributed by atoms with Gasteiger partial charge in [0.05, 0.1) is 6.04 Å².